The van der Waals surface area contributed by atoms with Crippen LogP contribution in [0.1, 0.15) is 103 Å². The Morgan fingerprint density at radius 1 is 0.564 bits per heavy atom. The van der Waals surface area contributed by atoms with Crippen LogP contribution in [-0.4, -0.2) is 3.21 Å². The van der Waals surface area contributed by atoms with E-state index in [1.807, 2.05) is 0 Å². The van der Waals surface area contributed by atoms with Gasteiger partial charge in [0.25, 0.3) is 0 Å². The maximum atomic E-state index is 12.7. The van der Waals surface area contributed by atoms with Crippen molar-refractivity contribution in [3.8, 4) is 0 Å². The molecule has 0 aliphatic heterocycles. The number of fused-ring (bicyclic) bond motifs is 3. The minimum absolute atomic E-state index is 0. The topological polar surface area (TPSA) is 0 Å². The summed E-state index contributed by atoms with van der Waals surface area (Å²) in [6.45, 7) is 22.5. The molecule has 55 heavy (non-hydrogen) atoms. The number of alkyl halides is 6. The Bertz CT molecular complexity index is 2020. The van der Waals surface area contributed by atoms with Gasteiger partial charge in [0.1, 0.15) is 0 Å². The van der Waals surface area contributed by atoms with Gasteiger partial charge in [-0.3, -0.25) is 6.08 Å². The van der Waals surface area contributed by atoms with Gasteiger partial charge in [-0.25, -0.2) is 6.08 Å². The third-order valence-electron chi connectivity index (χ3n) is 9.19. The smallest absolute Gasteiger partial charge is 1.00 e. The number of benzene rings is 4. The van der Waals surface area contributed by atoms with E-state index in [2.05, 4.69) is 130 Å². The minimum Gasteiger partial charge on any atom is -1.00 e. The van der Waals surface area contributed by atoms with Crippen molar-refractivity contribution in [1.29, 1.82) is 0 Å². The zero-order valence-electron chi connectivity index (χ0n) is 32.9. The second-order valence-corrected chi connectivity index (χ2v) is 18.0. The van der Waals surface area contributed by atoms with Crippen LogP contribution in [0.5, 0.6) is 0 Å². The molecular weight excluding hydrogens is 829 g/mol. The normalized spacial score (nSPS) is 14.6. The second-order valence-electron chi connectivity index (χ2n) is 16.8. The molecule has 0 saturated carbocycles. The Morgan fingerprint density at radius 3 is 1.25 bits per heavy atom. The number of hydrogen-bond donors (Lipinski definition) is 0. The summed E-state index contributed by atoms with van der Waals surface area (Å²) in [5, 5.41) is 5.48. The Balaban J connectivity index is 0.000000298. The first-order chi connectivity index (χ1) is 24.2. The molecule has 0 bridgehead atoms. The molecule has 5 aromatic rings. The predicted octanol–water partition coefficient (Wildman–Crippen LogP) is 8.12. The molecule has 0 aromatic heterocycles. The van der Waals surface area contributed by atoms with Crippen molar-refractivity contribution < 1.29 is 75.4 Å². The van der Waals surface area contributed by atoms with E-state index >= 15 is 0 Å². The third kappa shape index (κ3) is 12.8. The molecule has 9 heteroatoms. The standard InChI is InChI=1S/C21H25.C15H8F6.C10H15.2ClH.Zr/c1-20(2,3)16-7-9-18-14(12-16)11-15-13-17(21(4,5)6)8-10-19(15)18;16-14(17,18)12-5-1-3-10(8-12)7-11-4-2-6-13(9-11)15(19,20)21;1-8-5-6-9(7-8)10(2,3)4;;;/h7-13H,1-6H3;1-6,8-9H;6-8H,1-4H3;2*1H;/q-1;;-1;;;+2/p-2. The van der Waals surface area contributed by atoms with Gasteiger partial charge in [-0.2, -0.15) is 11.6 Å². The first kappa shape index (κ1) is 48.3. The van der Waals surface area contributed by atoms with Crippen LogP contribution in [0, 0.1) is 17.4 Å². The molecular formula is C46H48Cl2F6Zr-2. The average molecular weight is 877 g/mol. The Hall–Kier alpha value is -2.86. The van der Waals surface area contributed by atoms with Gasteiger partial charge in [0, 0.05) is 0 Å². The van der Waals surface area contributed by atoms with E-state index in [9.17, 15) is 26.3 Å². The van der Waals surface area contributed by atoms with Crippen molar-refractivity contribution in [2.24, 2.45) is 11.3 Å². The third-order valence-corrected chi connectivity index (χ3v) is 10.6. The summed E-state index contributed by atoms with van der Waals surface area (Å²) in [7, 11) is 0. The SMILES string of the molecule is CC(C)(C)c1ccc2c(c1)[cH-]c1cc(C(C)(C)C)ccc12.CC1[C-]=CC(C(C)(C)C)=C1.FC(F)(F)c1cccc([C](=[Zr+2])c2cccc(C(F)(F)F)c2)c1.[Cl-].[Cl-]. The summed E-state index contributed by atoms with van der Waals surface area (Å²) < 4.78 is 76.7. The summed E-state index contributed by atoms with van der Waals surface area (Å²) >= 11 is 0.729. The molecule has 0 heterocycles. The number of hydrogen-bond acceptors (Lipinski definition) is 0. The van der Waals surface area contributed by atoms with E-state index < -0.39 is 23.5 Å². The van der Waals surface area contributed by atoms with Gasteiger partial charge in [-0.05, 0) is 10.8 Å². The Labute approximate surface area is 350 Å². The molecule has 0 amide bonds. The van der Waals surface area contributed by atoms with Crippen molar-refractivity contribution in [2.75, 3.05) is 0 Å². The molecule has 0 radical (unpaired) electrons. The van der Waals surface area contributed by atoms with Crippen LogP contribution in [0.15, 0.2) is 109 Å². The summed E-state index contributed by atoms with van der Waals surface area (Å²) in [5.74, 6) is 0.522. The zero-order chi connectivity index (χ0) is 39.7. The van der Waals surface area contributed by atoms with Gasteiger partial charge in [0.2, 0.25) is 0 Å². The van der Waals surface area contributed by atoms with E-state index in [-0.39, 0.29) is 46.8 Å². The quantitative estimate of drug-likeness (QED) is 0.124. The molecule has 1 unspecified atom stereocenters. The molecule has 0 nitrogen and oxygen atoms in total. The zero-order valence-corrected chi connectivity index (χ0v) is 36.9. The van der Waals surface area contributed by atoms with Gasteiger partial charge < -0.3 is 24.8 Å². The van der Waals surface area contributed by atoms with Gasteiger partial charge in [-0.15, -0.1) is 39.7 Å². The molecule has 1 aliphatic rings. The van der Waals surface area contributed by atoms with E-state index in [4.69, 9.17) is 0 Å². The van der Waals surface area contributed by atoms with Crippen LogP contribution in [0.4, 0.5) is 26.3 Å². The van der Waals surface area contributed by atoms with Crippen LogP contribution in [0.2, 0.25) is 0 Å². The maximum absolute atomic E-state index is 12.7. The molecule has 1 aliphatic carbocycles. The molecule has 0 fully saturated rings. The van der Waals surface area contributed by atoms with Crippen molar-refractivity contribution in [1.82, 2.24) is 0 Å². The molecule has 294 valence electrons. The van der Waals surface area contributed by atoms with Crippen LogP contribution in [0.25, 0.3) is 21.5 Å². The van der Waals surface area contributed by atoms with E-state index in [1.54, 1.807) is 0 Å². The minimum atomic E-state index is -4.49. The second kappa shape index (κ2) is 18.2. The van der Waals surface area contributed by atoms with Gasteiger partial charge in [-0.1, -0.05) is 116 Å². The first-order valence-corrected chi connectivity index (χ1v) is 18.9. The summed E-state index contributed by atoms with van der Waals surface area (Å²) in [5.41, 5.74) is 3.83. The first-order valence-electron chi connectivity index (χ1n) is 17.6. The molecule has 1 atom stereocenters. The summed E-state index contributed by atoms with van der Waals surface area (Å²) in [6, 6.07) is 25.3. The van der Waals surface area contributed by atoms with Crippen molar-refractivity contribution in [3.05, 3.63) is 148 Å². The fraction of sp³-hybridized carbons (Fsp3) is 0.348. The molecule has 0 spiro atoms. The van der Waals surface area contributed by atoms with Crippen LogP contribution < -0.4 is 24.8 Å². The predicted molar refractivity (Wildman–Crippen MR) is 205 cm³/mol. The molecule has 5 aromatic carbocycles. The van der Waals surface area contributed by atoms with Crippen molar-refractivity contribution >= 4 is 24.8 Å². The average Bonchev–Trinajstić information content (AvgIpc) is 3.66. The van der Waals surface area contributed by atoms with E-state index in [0.29, 0.717) is 14.5 Å². The van der Waals surface area contributed by atoms with Crippen LogP contribution in [0.3, 0.4) is 0 Å². The van der Waals surface area contributed by atoms with Crippen molar-refractivity contribution in [2.45, 2.75) is 92.4 Å². The number of allylic oxidation sites excluding steroid dienone is 4. The monoisotopic (exact) mass is 874 g/mol. The molecule has 0 saturated heterocycles. The van der Waals surface area contributed by atoms with Crippen LogP contribution in [-0.2, 0) is 47.4 Å². The van der Waals surface area contributed by atoms with Gasteiger partial charge >= 0.3 is 137 Å². The summed E-state index contributed by atoms with van der Waals surface area (Å²) in [6.07, 6.45) is -1.32. The fourth-order valence-corrected chi connectivity index (χ4v) is 6.64. The van der Waals surface area contributed by atoms with Gasteiger partial charge in [0.05, 0.1) is 0 Å². The number of halogens is 8. The maximum Gasteiger partial charge on any atom is -1.00 e. The molecule has 0 N–H and O–H groups in total. The number of rotatable bonds is 2. The fourth-order valence-electron chi connectivity index (χ4n) is 5.88. The van der Waals surface area contributed by atoms with E-state index in [1.165, 1.54) is 62.5 Å². The van der Waals surface area contributed by atoms with Crippen molar-refractivity contribution in [3.63, 3.8) is 0 Å². The van der Waals surface area contributed by atoms with Gasteiger partial charge in [0.15, 0.2) is 0 Å². The Morgan fingerprint density at radius 2 is 0.964 bits per heavy atom. The molecule has 6 rings (SSSR count). The van der Waals surface area contributed by atoms with Crippen LogP contribution >= 0.6 is 0 Å². The van der Waals surface area contributed by atoms with E-state index in [0.717, 1.165) is 48.5 Å². The Kier molecular flexibility index (Phi) is 15.9. The summed E-state index contributed by atoms with van der Waals surface area (Å²) in [4.78, 5) is 0. The largest absolute Gasteiger partial charge is 1.00 e.